The third-order valence-electron chi connectivity index (χ3n) is 1.68. The number of hydrogen-bond donors (Lipinski definition) is 0. The van der Waals surface area contributed by atoms with E-state index in [9.17, 15) is 0 Å². The van der Waals surface area contributed by atoms with Crippen LogP contribution in [0.1, 0.15) is 18.4 Å². The van der Waals surface area contributed by atoms with E-state index >= 15 is 0 Å². The summed E-state index contributed by atoms with van der Waals surface area (Å²) in [4.78, 5) is 0. The molecule has 0 radical (unpaired) electrons. The van der Waals surface area contributed by atoms with Crippen molar-refractivity contribution in [3.05, 3.63) is 39.9 Å². The molecule has 1 aromatic rings. The van der Waals surface area contributed by atoms with E-state index in [0.29, 0.717) is 16.5 Å². The van der Waals surface area contributed by atoms with E-state index in [1.165, 1.54) is 0 Å². The molecule has 0 aromatic heterocycles. The van der Waals surface area contributed by atoms with Gasteiger partial charge in [0.1, 0.15) is 0 Å². The van der Waals surface area contributed by atoms with E-state index in [4.69, 9.17) is 28.5 Å². The van der Waals surface area contributed by atoms with Gasteiger partial charge in [-0.1, -0.05) is 41.4 Å². The fraction of sp³-hybridized carbons (Fsp3) is 0.182. The monoisotopic (exact) mass is 225 g/mol. The van der Waals surface area contributed by atoms with Gasteiger partial charge in [-0.15, -0.1) is 0 Å². The first kappa shape index (κ1) is 11.1. The van der Waals surface area contributed by atoms with E-state index in [0.717, 1.165) is 12.0 Å². The van der Waals surface area contributed by atoms with Gasteiger partial charge < -0.3 is 0 Å². The second-order valence-electron chi connectivity index (χ2n) is 2.77. The van der Waals surface area contributed by atoms with Crippen molar-refractivity contribution in [2.45, 2.75) is 12.8 Å². The van der Waals surface area contributed by atoms with Gasteiger partial charge in [-0.3, -0.25) is 0 Å². The highest BCUT2D eigenvalue weighted by Gasteiger charge is 1.95. The summed E-state index contributed by atoms with van der Waals surface area (Å²) in [6.07, 6.45) is 5.18. The molecule has 0 saturated carbocycles. The predicted molar refractivity (Wildman–Crippen MR) is 60.3 cm³/mol. The first-order valence-electron chi connectivity index (χ1n) is 4.22. The van der Waals surface area contributed by atoms with Crippen LogP contribution in [0.4, 0.5) is 0 Å². The van der Waals surface area contributed by atoms with Crippen molar-refractivity contribution in [2.75, 3.05) is 0 Å². The predicted octanol–water partition coefficient (Wildman–Crippen LogP) is 4.31. The van der Waals surface area contributed by atoms with Crippen LogP contribution in [0.5, 0.6) is 0 Å². The average molecular weight is 226 g/mol. The van der Waals surface area contributed by atoms with Crippen LogP contribution in [0.2, 0.25) is 10.0 Å². The number of nitriles is 1. The molecule has 0 fully saturated rings. The average Bonchev–Trinajstić information content (AvgIpc) is 2.18. The molecule has 1 nitrogen and oxygen atoms in total. The number of hydrogen-bond acceptors (Lipinski definition) is 1. The maximum absolute atomic E-state index is 8.32. The van der Waals surface area contributed by atoms with Gasteiger partial charge in [0.25, 0.3) is 0 Å². The lowest BCUT2D eigenvalue weighted by atomic mass is 10.2. The molecule has 0 unspecified atom stereocenters. The Hall–Kier alpha value is -0.970. The highest BCUT2D eigenvalue weighted by Crippen LogP contribution is 2.23. The molecular formula is C11H9Cl2N. The lowest BCUT2D eigenvalue weighted by molar-refractivity contribution is 1.07. The van der Waals surface area contributed by atoms with Gasteiger partial charge in [-0.05, 0) is 24.1 Å². The molecule has 0 spiro atoms. The largest absolute Gasteiger partial charge is 0.198 e. The van der Waals surface area contributed by atoms with Gasteiger partial charge in [0, 0.05) is 6.42 Å². The summed E-state index contributed by atoms with van der Waals surface area (Å²) in [6.45, 7) is 0. The molecule has 1 aromatic carbocycles. The summed E-state index contributed by atoms with van der Waals surface area (Å²) >= 11 is 11.6. The van der Waals surface area contributed by atoms with Crippen molar-refractivity contribution < 1.29 is 0 Å². The van der Waals surface area contributed by atoms with Gasteiger partial charge >= 0.3 is 0 Å². The first-order chi connectivity index (χ1) is 6.74. The second-order valence-corrected chi connectivity index (χ2v) is 3.59. The lowest BCUT2D eigenvalue weighted by Crippen LogP contribution is -1.73. The van der Waals surface area contributed by atoms with Crippen molar-refractivity contribution in [1.82, 2.24) is 0 Å². The molecule has 1 rings (SSSR count). The minimum atomic E-state index is 0.540. The van der Waals surface area contributed by atoms with Crippen LogP contribution in [0.15, 0.2) is 24.3 Å². The second kappa shape index (κ2) is 5.70. The number of unbranched alkanes of at least 4 members (excludes halogenated alkanes) is 1. The van der Waals surface area contributed by atoms with Crippen LogP contribution >= 0.6 is 23.2 Å². The Bertz CT molecular complexity index is 377. The highest BCUT2D eigenvalue weighted by molar-refractivity contribution is 6.42. The number of rotatable bonds is 3. The fourth-order valence-corrected chi connectivity index (χ4v) is 1.29. The normalized spacial score (nSPS) is 10.4. The molecule has 14 heavy (non-hydrogen) atoms. The summed E-state index contributed by atoms with van der Waals surface area (Å²) in [5.41, 5.74) is 0.998. The Morgan fingerprint density at radius 2 is 2.07 bits per heavy atom. The van der Waals surface area contributed by atoms with Crippen molar-refractivity contribution >= 4 is 29.3 Å². The zero-order valence-corrected chi connectivity index (χ0v) is 9.02. The van der Waals surface area contributed by atoms with Gasteiger partial charge in [-0.2, -0.15) is 5.26 Å². The van der Waals surface area contributed by atoms with E-state index in [-0.39, 0.29) is 0 Å². The minimum Gasteiger partial charge on any atom is -0.198 e. The Balaban J connectivity index is 2.64. The molecule has 0 saturated heterocycles. The van der Waals surface area contributed by atoms with Gasteiger partial charge in [0.2, 0.25) is 0 Å². The standard InChI is InChI=1S/C11H9Cl2N/c12-10-6-5-9(8-11(10)13)4-2-1-3-7-14/h2,4-6,8H,1,3H2. The zero-order valence-electron chi connectivity index (χ0n) is 7.50. The maximum Gasteiger partial charge on any atom is 0.0625 e. The van der Waals surface area contributed by atoms with Crippen LogP contribution in [0, 0.1) is 11.3 Å². The van der Waals surface area contributed by atoms with Crippen LogP contribution < -0.4 is 0 Å². The van der Waals surface area contributed by atoms with Crippen molar-refractivity contribution in [3.63, 3.8) is 0 Å². The lowest BCUT2D eigenvalue weighted by Gasteiger charge is -1.96. The molecule has 0 aliphatic heterocycles. The van der Waals surface area contributed by atoms with Crippen molar-refractivity contribution in [2.24, 2.45) is 0 Å². The molecule has 0 aliphatic carbocycles. The van der Waals surface area contributed by atoms with E-state index < -0.39 is 0 Å². The molecule has 0 atom stereocenters. The summed E-state index contributed by atoms with van der Waals surface area (Å²) in [5.74, 6) is 0. The van der Waals surface area contributed by atoms with Gasteiger partial charge in [-0.25, -0.2) is 0 Å². The van der Waals surface area contributed by atoms with Crippen molar-refractivity contribution in [1.29, 1.82) is 5.26 Å². The number of nitrogens with zero attached hydrogens (tertiary/aromatic N) is 1. The Morgan fingerprint density at radius 3 is 2.71 bits per heavy atom. The fourth-order valence-electron chi connectivity index (χ4n) is 0.983. The Kier molecular flexibility index (Phi) is 4.52. The number of allylic oxidation sites excluding steroid dienone is 1. The highest BCUT2D eigenvalue weighted by atomic mass is 35.5. The quantitative estimate of drug-likeness (QED) is 0.704. The van der Waals surface area contributed by atoms with E-state index in [1.807, 2.05) is 18.2 Å². The van der Waals surface area contributed by atoms with Crippen LogP contribution in [-0.2, 0) is 0 Å². The number of benzene rings is 1. The van der Waals surface area contributed by atoms with Crippen LogP contribution in [-0.4, -0.2) is 0 Å². The molecular weight excluding hydrogens is 217 g/mol. The summed E-state index contributed by atoms with van der Waals surface area (Å²) in [5, 5.41) is 9.43. The van der Waals surface area contributed by atoms with E-state index in [2.05, 4.69) is 6.07 Å². The molecule has 0 bridgehead atoms. The summed E-state index contributed by atoms with van der Waals surface area (Å²) in [6, 6.07) is 7.52. The minimum absolute atomic E-state index is 0.540. The third-order valence-corrected chi connectivity index (χ3v) is 2.42. The number of halogens is 2. The Labute approximate surface area is 93.6 Å². The molecule has 0 heterocycles. The summed E-state index contributed by atoms with van der Waals surface area (Å²) in [7, 11) is 0. The molecule has 0 N–H and O–H groups in total. The molecule has 0 aliphatic rings. The van der Waals surface area contributed by atoms with Crippen molar-refractivity contribution in [3.8, 4) is 6.07 Å². The smallest absolute Gasteiger partial charge is 0.0625 e. The van der Waals surface area contributed by atoms with Gasteiger partial charge in [0.05, 0.1) is 16.1 Å². The summed E-state index contributed by atoms with van der Waals surface area (Å²) < 4.78 is 0. The van der Waals surface area contributed by atoms with Gasteiger partial charge in [0.15, 0.2) is 0 Å². The third kappa shape index (κ3) is 3.41. The molecule has 72 valence electrons. The molecule has 0 amide bonds. The SMILES string of the molecule is N#CCCC=Cc1ccc(Cl)c(Cl)c1. The first-order valence-corrected chi connectivity index (χ1v) is 4.98. The molecule has 3 heteroatoms. The topological polar surface area (TPSA) is 23.8 Å². The zero-order chi connectivity index (χ0) is 10.4. The van der Waals surface area contributed by atoms with Crippen LogP contribution in [0.25, 0.3) is 6.08 Å². The van der Waals surface area contributed by atoms with Crippen LogP contribution in [0.3, 0.4) is 0 Å². The maximum atomic E-state index is 8.32. The Morgan fingerprint density at radius 1 is 1.29 bits per heavy atom. The van der Waals surface area contributed by atoms with E-state index in [1.54, 1.807) is 12.1 Å².